The van der Waals surface area contributed by atoms with E-state index in [4.69, 9.17) is 5.73 Å². The van der Waals surface area contributed by atoms with E-state index in [2.05, 4.69) is 31.4 Å². The Balaban J connectivity index is 1.41. The lowest BCUT2D eigenvalue weighted by Crippen LogP contribution is -2.47. The quantitative estimate of drug-likeness (QED) is 0.318. The number of hydrogen-bond donors (Lipinski definition) is 1. The van der Waals surface area contributed by atoms with Crippen LogP contribution in [0, 0.1) is 19.8 Å². The number of carbonyl (C=O) groups is 1. The van der Waals surface area contributed by atoms with Crippen molar-refractivity contribution in [3.05, 3.63) is 82.7 Å². The minimum Gasteiger partial charge on any atom is -0.435 e. The first kappa shape index (κ1) is 29.3. The van der Waals surface area contributed by atoms with Crippen LogP contribution in [0.25, 0.3) is 0 Å². The smallest absolute Gasteiger partial charge is 0.387 e. The van der Waals surface area contributed by atoms with Gasteiger partial charge in [-0.15, -0.1) is 0 Å². The SMILES string of the molecule is Cc1nc(F)c(CC[C@@H](C)N2CCC(N(Cc3cccnc3)c3ccc(OC(F)F)cc3)CC2)c(C)c1C(N)=O. The van der Waals surface area contributed by atoms with Gasteiger partial charge >= 0.3 is 6.61 Å². The number of aryl methyl sites for hydroxylation is 1. The number of ether oxygens (including phenoxy) is 1. The highest BCUT2D eigenvalue weighted by Crippen LogP contribution is 2.29. The van der Waals surface area contributed by atoms with Crippen LogP contribution >= 0.6 is 0 Å². The molecule has 1 fully saturated rings. The van der Waals surface area contributed by atoms with Gasteiger partial charge < -0.3 is 20.3 Å². The van der Waals surface area contributed by atoms with Gasteiger partial charge in [0.2, 0.25) is 5.95 Å². The van der Waals surface area contributed by atoms with Gasteiger partial charge in [0.15, 0.2) is 0 Å². The second-order valence-electron chi connectivity index (χ2n) is 10.3. The molecule has 3 aromatic rings. The number of piperidine rings is 1. The molecule has 0 radical (unpaired) electrons. The van der Waals surface area contributed by atoms with E-state index in [0.717, 1.165) is 43.6 Å². The van der Waals surface area contributed by atoms with Crippen LogP contribution in [0.1, 0.15) is 58.9 Å². The predicted molar refractivity (Wildman–Crippen MR) is 148 cm³/mol. The Hall–Kier alpha value is -3.66. The zero-order chi connectivity index (χ0) is 28.8. The summed E-state index contributed by atoms with van der Waals surface area (Å²) in [5.41, 5.74) is 9.13. The standard InChI is InChI=1S/C30H36F3N5O2/c1-19(6-11-26-20(2)27(29(34)39)21(3)36-28(26)31)37-15-12-24(13-16-37)38(18-22-5-4-14-35-17-22)23-7-9-25(10-8-23)40-30(32)33/h4-5,7-10,14,17,19,24,30H,6,11-13,15-16,18H2,1-3H3,(H2,34,39)/t19-/m1/s1. The van der Waals surface area contributed by atoms with Crippen LogP contribution in [0.3, 0.4) is 0 Å². The highest BCUT2D eigenvalue weighted by atomic mass is 19.3. The van der Waals surface area contributed by atoms with Crippen molar-refractivity contribution >= 4 is 11.6 Å². The van der Waals surface area contributed by atoms with Crippen LogP contribution in [0.2, 0.25) is 0 Å². The molecule has 1 aliphatic rings. The molecule has 0 bridgehead atoms. The summed E-state index contributed by atoms with van der Waals surface area (Å²) in [6.07, 6.45) is 6.57. The maximum atomic E-state index is 14.7. The maximum absolute atomic E-state index is 14.7. The number of alkyl halides is 2. The number of aromatic nitrogens is 2. The zero-order valence-corrected chi connectivity index (χ0v) is 23.1. The number of nitrogens with two attached hydrogens (primary N) is 1. The van der Waals surface area contributed by atoms with Gasteiger partial charge in [-0.05, 0) is 87.9 Å². The highest BCUT2D eigenvalue weighted by molar-refractivity contribution is 5.95. The zero-order valence-electron chi connectivity index (χ0n) is 23.1. The molecule has 3 heterocycles. The molecule has 2 N–H and O–H groups in total. The Labute approximate surface area is 233 Å². The van der Waals surface area contributed by atoms with Crippen molar-refractivity contribution in [2.24, 2.45) is 5.73 Å². The van der Waals surface area contributed by atoms with E-state index >= 15 is 0 Å². The van der Waals surface area contributed by atoms with Crippen LogP contribution in [0.5, 0.6) is 5.75 Å². The summed E-state index contributed by atoms with van der Waals surface area (Å²) in [6, 6.07) is 11.1. The molecule has 0 spiro atoms. The second kappa shape index (κ2) is 13.1. The van der Waals surface area contributed by atoms with E-state index in [0.29, 0.717) is 35.3 Å². The van der Waals surface area contributed by atoms with Crippen molar-refractivity contribution in [1.29, 1.82) is 0 Å². The number of hydrogen-bond acceptors (Lipinski definition) is 6. The maximum Gasteiger partial charge on any atom is 0.387 e. The number of likely N-dealkylation sites (tertiary alicyclic amines) is 1. The van der Waals surface area contributed by atoms with Crippen LogP contribution in [-0.4, -0.2) is 52.6 Å². The fraction of sp³-hybridized carbons (Fsp3) is 0.433. The first-order valence-corrected chi connectivity index (χ1v) is 13.5. The number of primary amides is 1. The number of anilines is 1. The van der Waals surface area contributed by atoms with E-state index in [1.807, 2.05) is 30.5 Å². The van der Waals surface area contributed by atoms with Gasteiger partial charge in [-0.25, -0.2) is 4.98 Å². The Kier molecular flexibility index (Phi) is 9.63. The van der Waals surface area contributed by atoms with Crippen molar-refractivity contribution < 1.29 is 22.7 Å². The monoisotopic (exact) mass is 555 g/mol. The summed E-state index contributed by atoms with van der Waals surface area (Å²) in [5.74, 6) is -1.00. The number of amides is 1. The predicted octanol–water partition coefficient (Wildman–Crippen LogP) is 5.43. The summed E-state index contributed by atoms with van der Waals surface area (Å²) in [7, 11) is 0. The van der Waals surface area contributed by atoms with Crippen molar-refractivity contribution in [3.63, 3.8) is 0 Å². The third-order valence-corrected chi connectivity index (χ3v) is 7.80. The average Bonchev–Trinajstić information content (AvgIpc) is 2.92. The number of carbonyl (C=O) groups excluding carboxylic acids is 1. The molecule has 1 atom stereocenters. The van der Waals surface area contributed by atoms with Gasteiger partial charge in [-0.2, -0.15) is 13.2 Å². The number of pyridine rings is 2. The van der Waals surface area contributed by atoms with Crippen LogP contribution in [0.4, 0.5) is 18.9 Å². The molecule has 0 saturated carbocycles. The number of nitrogens with zero attached hydrogens (tertiary/aromatic N) is 4. The fourth-order valence-electron chi connectivity index (χ4n) is 5.61. The molecule has 0 unspecified atom stereocenters. The van der Waals surface area contributed by atoms with Gasteiger partial charge in [0, 0.05) is 55.4 Å². The summed E-state index contributed by atoms with van der Waals surface area (Å²) in [6.45, 7) is 4.97. The molecular formula is C30H36F3N5O2. The van der Waals surface area contributed by atoms with Crippen molar-refractivity contribution in [1.82, 2.24) is 14.9 Å². The first-order chi connectivity index (χ1) is 19.1. The minimum atomic E-state index is -2.86. The molecule has 214 valence electrons. The molecule has 1 saturated heterocycles. The van der Waals surface area contributed by atoms with Gasteiger partial charge in [0.1, 0.15) is 5.75 Å². The largest absolute Gasteiger partial charge is 0.435 e. The Morgan fingerprint density at radius 2 is 1.88 bits per heavy atom. The molecule has 1 aromatic carbocycles. The van der Waals surface area contributed by atoms with Gasteiger partial charge in [0.25, 0.3) is 5.91 Å². The number of rotatable bonds is 11. The van der Waals surface area contributed by atoms with E-state index in [9.17, 15) is 18.0 Å². The lowest BCUT2D eigenvalue weighted by Gasteiger charge is -2.42. The normalized spacial score (nSPS) is 15.3. The number of benzene rings is 1. The van der Waals surface area contributed by atoms with E-state index in [-0.39, 0.29) is 17.8 Å². The van der Waals surface area contributed by atoms with Gasteiger partial charge in [-0.3, -0.25) is 9.78 Å². The number of halogens is 3. The van der Waals surface area contributed by atoms with Crippen molar-refractivity contribution in [2.75, 3.05) is 18.0 Å². The Bertz CT molecular complexity index is 1280. The first-order valence-electron chi connectivity index (χ1n) is 13.5. The van der Waals surface area contributed by atoms with E-state index in [1.54, 1.807) is 32.2 Å². The lowest BCUT2D eigenvalue weighted by molar-refractivity contribution is -0.0498. The summed E-state index contributed by atoms with van der Waals surface area (Å²) in [5, 5.41) is 0. The molecule has 10 heteroatoms. The van der Waals surface area contributed by atoms with Crippen molar-refractivity contribution in [3.8, 4) is 5.75 Å². The average molecular weight is 556 g/mol. The summed E-state index contributed by atoms with van der Waals surface area (Å²) in [4.78, 5) is 24.7. The third kappa shape index (κ3) is 7.10. The van der Waals surface area contributed by atoms with Gasteiger partial charge in [-0.1, -0.05) is 6.07 Å². The summed E-state index contributed by atoms with van der Waals surface area (Å²) < 4.78 is 44.5. The highest BCUT2D eigenvalue weighted by Gasteiger charge is 2.28. The molecular weight excluding hydrogens is 519 g/mol. The lowest BCUT2D eigenvalue weighted by atomic mass is 9.95. The van der Waals surface area contributed by atoms with E-state index in [1.165, 1.54) is 0 Å². The Morgan fingerprint density at radius 1 is 1.18 bits per heavy atom. The van der Waals surface area contributed by atoms with Gasteiger partial charge in [0.05, 0.1) is 11.3 Å². The fourth-order valence-corrected chi connectivity index (χ4v) is 5.61. The summed E-state index contributed by atoms with van der Waals surface area (Å²) >= 11 is 0. The third-order valence-electron chi connectivity index (χ3n) is 7.80. The molecule has 2 aromatic heterocycles. The topological polar surface area (TPSA) is 84.6 Å². The molecule has 40 heavy (non-hydrogen) atoms. The second-order valence-corrected chi connectivity index (χ2v) is 10.3. The molecule has 1 amide bonds. The van der Waals surface area contributed by atoms with E-state index < -0.39 is 18.5 Å². The van der Waals surface area contributed by atoms with Crippen LogP contribution < -0.4 is 15.4 Å². The molecule has 7 nitrogen and oxygen atoms in total. The molecule has 0 aliphatic carbocycles. The van der Waals surface area contributed by atoms with Crippen LogP contribution in [-0.2, 0) is 13.0 Å². The molecule has 1 aliphatic heterocycles. The molecule has 4 rings (SSSR count). The van der Waals surface area contributed by atoms with Crippen LogP contribution in [0.15, 0.2) is 48.8 Å². The Morgan fingerprint density at radius 3 is 2.48 bits per heavy atom. The minimum absolute atomic E-state index is 0.127. The van der Waals surface area contributed by atoms with Crippen molar-refractivity contribution in [2.45, 2.75) is 71.7 Å².